The molecular weight excluding hydrogens is 442 g/mol. The molecule has 0 spiro atoms. The first-order valence-electron chi connectivity index (χ1n) is 11.2. The van der Waals surface area contributed by atoms with Gasteiger partial charge in [-0.15, -0.1) is 11.3 Å². The molecule has 0 saturated carbocycles. The molecule has 0 fully saturated rings. The lowest BCUT2D eigenvalue weighted by molar-refractivity contribution is 0.689. The third kappa shape index (κ3) is 4.62. The Morgan fingerprint density at radius 2 is 1.79 bits per heavy atom. The van der Waals surface area contributed by atoms with Crippen molar-refractivity contribution < 1.29 is 0 Å². The molecule has 5 rings (SSSR count). The standard InChI is InChI=1S/C27H25N5OS/c1-17-24(34-27(28)31-17)12-13-29-16-18-7-9-20(10-8-18)25-21(19-5-3-2-4-6-19)15-22-23(32-25)11-14-30-26(22)33/h2-11,14-15,29H,12-13,16H2,1H3,(H2,28,31)(H,30,33). The molecule has 2 aromatic carbocycles. The minimum Gasteiger partial charge on any atom is -0.375 e. The molecule has 7 heteroatoms. The van der Waals surface area contributed by atoms with Crippen LogP contribution in [0.2, 0.25) is 0 Å². The predicted molar refractivity (Wildman–Crippen MR) is 140 cm³/mol. The first-order valence-corrected chi connectivity index (χ1v) is 12.0. The van der Waals surface area contributed by atoms with Crippen molar-refractivity contribution in [2.45, 2.75) is 19.9 Å². The Balaban J connectivity index is 1.38. The smallest absolute Gasteiger partial charge is 0.257 e. The number of pyridine rings is 2. The van der Waals surface area contributed by atoms with Crippen LogP contribution in [0.1, 0.15) is 16.1 Å². The number of benzene rings is 2. The number of hydrogen-bond acceptors (Lipinski definition) is 6. The van der Waals surface area contributed by atoms with Crippen molar-refractivity contribution in [1.82, 2.24) is 20.3 Å². The van der Waals surface area contributed by atoms with Crippen LogP contribution in [0.5, 0.6) is 0 Å². The van der Waals surface area contributed by atoms with Crippen molar-refractivity contribution in [3.8, 4) is 22.4 Å². The van der Waals surface area contributed by atoms with Gasteiger partial charge in [0.15, 0.2) is 5.13 Å². The summed E-state index contributed by atoms with van der Waals surface area (Å²) in [7, 11) is 0. The highest BCUT2D eigenvalue weighted by atomic mass is 32.1. The second-order valence-electron chi connectivity index (χ2n) is 8.17. The zero-order chi connectivity index (χ0) is 23.5. The van der Waals surface area contributed by atoms with Crippen molar-refractivity contribution in [1.29, 1.82) is 0 Å². The van der Waals surface area contributed by atoms with Gasteiger partial charge in [0.05, 0.1) is 22.3 Å². The number of H-pyrrole nitrogens is 1. The number of nitrogens with two attached hydrogens (primary N) is 1. The molecule has 3 aromatic heterocycles. The lowest BCUT2D eigenvalue weighted by Crippen LogP contribution is -2.16. The maximum atomic E-state index is 12.4. The number of aromatic amines is 1. The molecule has 0 atom stereocenters. The Bertz CT molecular complexity index is 1490. The molecule has 0 unspecified atom stereocenters. The van der Waals surface area contributed by atoms with Crippen LogP contribution in [-0.2, 0) is 13.0 Å². The van der Waals surface area contributed by atoms with E-state index < -0.39 is 0 Å². The molecule has 6 nitrogen and oxygen atoms in total. The molecule has 0 radical (unpaired) electrons. The zero-order valence-electron chi connectivity index (χ0n) is 18.8. The Morgan fingerprint density at radius 3 is 2.53 bits per heavy atom. The highest BCUT2D eigenvalue weighted by molar-refractivity contribution is 7.15. The highest BCUT2D eigenvalue weighted by Crippen LogP contribution is 2.32. The molecule has 0 aliphatic heterocycles. The summed E-state index contributed by atoms with van der Waals surface area (Å²) in [5.74, 6) is 0. The zero-order valence-corrected chi connectivity index (χ0v) is 19.7. The second kappa shape index (κ2) is 9.59. The van der Waals surface area contributed by atoms with Gasteiger partial charge in [0.25, 0.3) is 5.56 Å². The van der Waals surface area contributed by atoms with Crippen molar-refractivity contribution in [2.75, 3.05) is 12.3 Å². The van der Waals surface area contributed by atoms with Crippen molar-refractivity contribution in [3.63, 3.8) is 0 Å². The first kappa shape index (κ1) is 22.0. The van der Waals surface area contributed by atoms with Gasteiger partial charge in [0, 0.05) is 35.3 Å². The lowest BCUT2D eigenvalue weighted by Gasteiger charge is -2.12. The summed E-state index contributed by atoms with van der Waals surface area (Å²) < 4.78 is 0. The normalized spacial score (nSPS) is 11.2. The van der Waals surface area contributed by atoms with Gasteiger partial charge < -0.3 is 16.0 Å². The summed E-state index contributed by atoms with van der Waals surface area (Å²) >= 11 is 1.56. The van der Waals surface area contributed by atoms with E-state index in [2.05, 4.69) is 39.6 Å². The van der Waals surface area contributed by atoms with E-state index in [1.54, 1.807) is 17.5 Å². The van der Waals surface area contributed by atoms with Crippen LogP contribution < -0.4 is 16.6 Å². The molecule has 0 aliphatic rings. The molecule has 170 valence electrons. The molecule has 0 aliphatic carbocycles. The van der Waals surface area contributed by atoms with Crippen LogP contribution in [-0.4, -0.2) is 21.5 Å². The predicted octanol–water partition coefficient (Wildman–Crippen LogP) is 4.94. The number of aryl methyl sites for hydroxylation is 1. The van der Waals surface area contributed by atoms with E-state index in [4.69, 9.17) is 10.7 Å². The topological polar surface area (TPSA) is 96.7 Å². The number of nitrogen functional groups attached to an aromatic ring is 1. The molecule has 0 bridgehead atoms. The average Bonchev–Trinajstić information content (AvgIpc) is 3.19. The molecule has 4 N–H and O–H groups in total. The number of hydrogen-bond donors (Lipinski definition) is 3. The third-order valence-electron chi connectivity index (χ3n) is 5.83. The van der Waals surface area contributed by atoms with Crippen molar-refractivity contribution >= 4 is 27.4 Å². The minimum absolute atomic E-state index is 0.133. The van der Waals surface area contributed by atoms with Crippen LogP contribution >= 0.6 is 11.3 Å². The number of anilines is 1. The van der Waals surface area contributed by atoms with Gasteiger partial charge >= 0.3 is 0 Å². The summed E-state index contributed by atoms with van der Waals surface area (Å²) in [6.07, 6.45) is 2.56. The summed E-state index contributed by atoms with van der Waals surface area (Å²) in [5.41, 5.74) is 12.4. The van der Waals surface area contributed by atoms with Crippen molar-refractivity contribution in [3.05, 3.63) is 99.4 Å². The van der Waals surface area contributed by atoms with Gasteiger partial charge in [-0.25, -0.2) is 9.97 Å². The van der Waals surface area contributed by atoms with E-state index in [0.29, 0.717) is 16.0 Å². The molecular formula is C27H25N5OS. The first-order chi connectivity index (χ1) is 16.6. The molecule has 0 saturated heterocycles. The highest BCUT2D eigenvalue weighted by Gasteiger charge is 2.13. The Labute approximate surface area is 201 Å². The number of nitrogens with zero attached hydrogens (tertiary/aromatic N) is 2. The summed E-state index contributed by atoms with van der Waals surface area (Å²) in [6.45, 7) is 3.64. The van der Waals surface area contributed by atoms with E-state index in [1.807, 2.05) is 49.4 Å². The fourth-order valence-electron chi connectivity index (χ4n) is 4.07. The van der Waals surface area contributed by atoms with Gasteiger partial charge in [-0.1, -0.05) is 54.6 Å². The van der Waals surface area contributed by atoms with Crippen LogP contribution in [0.25, 0.3) is 33.3 Å². The second-order valence-corrected chi connectivity index (χ2v) is 9.29. The van der Waals surface area contributed by atoms with Gasteiger partial charge in [-0.2, -0.15) is 0 Å². The maximum absolute atomic E-state index is 12.4. The van der Waals surface area contributed by atoms with Crippen LogP contribution in [0.3, 0.4) is 0 Å². The van der Waals surface area contributed by atoms with Gasteiger partial charge in [-0.05, 0) is 36.6 Å². The van der Waals surface area contributed by atoms with E-state index >= 15 is 0 Å². The van der Waals surface area contributed by atoms with E-state index in [9.17, 15) is 4.79 Å². The molecule has 3 heterocycles. The van der Waals surface area contributed by atoms with Crippen LogP contribution in [0.4, 0.5) is 5.13 Å². The molecule has 34 heavy (non-hydrogen) atoms. The van der Waals surface area contributed by atoms with Crippen LogP contribution in [0, 0.1) is 6.92 Å². The SMILES string of the molecule is Cc1nc(N)sc1CCNCc1ccc(-c2nc3cc[nH]c(=O)c3cc2-c2ccccc2)cc1. The maximum Gasteiger partial charge on any atom is 0.257 e. The quantitative estimate of drug-likeness (QED) is 0.295. The number of fused-ring (bicyclic) bond motifs is 1. The van der Waals surface area contributed by atoms with Crippen molar-refractivity contribution in [2.24, 2.45) is 0 Å². The molecule has 0 amide bonds. The summed E-state index contributed by atoms with van der Waals surface area (Å²) in [4.78, 5) is 25.5. The largest absolute Gasteiger partial charge is 0.375 e. The van der Waals surface area contributed by atoms with E-state index in [-0.39, 0.29) is 5.56 Å². The van der Waals surface area contributed by atoms with Gasteiger partial charge in [0.2, 0.25) is 0 Å². The fourth-order valence-corrected chi connectivity index (χ4v) is 4.90. The van der Waals surface area contributed by atoms with Crippen LogP contribution in [0.15, 0.2) is 77.7 Å². The Kier molecular flexibility index (Phi) is 6.20. The summed E-state index contributed by atoms with van der Waals surface area (Å²) in [6, 6.07) is 22.3. The third-order valence-corrected chi connectivity index (χ3v) is 6.88. The monoisotopic (exact) mass is 467 g/mol. The van der Waals surface area contributed by atoms with E-state index in [0.717, 1.165) is 47.6 Å². The lowest BCUT2D eigenvalue weighted by atomic mass is 9.97. The molecule has 5 aromatic rings. The van der Waals surface area contributed by atoms with E-state index in [1.165, 1.54) is 10.4 Å². The Hall–Kier alpha value is -3.81. The minimum atomic E-state index is -0.133. The number of thiazole rings is 1. The number of nitrogens with one attached hydrogen (secondary N) is 2. The fraction of sp³-hybridized carbons (Fsp3) is 0.148. The number of aromatic nitrogens is 3. The Morgan fingerprint density at radius 1 is 1.00 bits per heavy atom. The van der Waals surface area contributed by atoms with Gasteiger partial charge in [0.1, 0.15) is 0 Å². The van der Waals surface area contributed by atoms with Gasteiger partial charge in [-0.3, -0.25) is 4.79 Å². The number of rotatable bonds is 7. The summed E-state index contributed by atoms with van der Waals surface area (Å²) in [5, 5.41) is 4.71. The average molecular weight is 468 g/mol.